The highest BCUT2D eigenvalue weighted by Crippen LogP contribution is 2.28. The molecule has 0 fully saturated rings. The van der Waals surface area contributed by atoms with Gasteiger partial charge in [0.25, 0.3) is 0 Å². The number of sulfonamides is 1. The number of nitrogens with zero attached hydrogens (tertiary/aromatic N) is 2. The van der Waals surface area contributed by atoms with E-state index in [2.05, 4.69) is 5.32 Å². The molecule has 10 heteroatoms. The minimum atomic E-state index is -3.85. The van der Waals surface area contributed by atoms with Gasteiger partial charge in [-0.25, -0.2) is 8.42 Å². The molecule has 0 aliphatic rings. The lowest BCUT2D eigenvalue weighted by atomic mass is 10.1. The Balaban J connectivity index is 2.45. The van der Waals surface area contributed by atoms with Crippen LogP contribution in [-0.4, -0.2) is 49.5 Å². The van der Waals surface area contributed by atoms with Gasteiger partial charge in [-0.05, 0) is 51.0 Å². The van der Waals surface area contributed by atoms with Crippen LogP contribution in [0.2, 0.25) is 10.0 Å². The molecule has 1 N–H and O–H groups in total. The third-order valence-corrected chi connectivity index (χ3v) is 6.83. The highest BCUT2D eigenvalue weighted by Gasteiger charge is 2.33. The third kappa shape index (κ3) is 7.89. The molecule has 2 rings (SSSR count). The zero-order valence-corrected chi connectivity index (χ0v) is 22.3. The van der Waals surface area contributed by atoms with Crippen LogP contribution in [0, 0.1) is 0 Å². The number of anilines is 1. The van der Waals surface area contributed by atoms with Crippen molar-refractivity contribution in [3.8, 4) is 0 Å². The second-order valence-electron chi connectivity index (χ2n) is 9.04. The number of nitrogens with one attached hydrogen (secondary N) is 1. The van der Waals surface area contributed by atoms with Gasteiger partial charge in [-0.2, -0.15) is 0 Å². The molecule has 0 aliphatic carbocycles. The molecule has 1 atom stereocenters. The summed E-state index contributed by atoms with van der Waals surface area (Å²) in [4.78, 5) is 28.1. The van der Waals surface area contributed by atoms with Crippen LogP contribution in [0.15, 0.2) is 48.5 Å². The van der Waals surface area contributed by atoms with E-state index in [1.165, 1.54) is 23.1 Å². The number of rotatable bonds is 9. The molecule has 2 aromatic rings. The molecule has 0 aliphatic heterocycles. The lowest BCUT2D eigenvalue weighted by molar-refractivity contribution is -0.141. The van der Waals surface area contributed by atoms with Crippen molar-refractivity contribution in [1.29, 1.82) is 0 Å². The molecule has 0 saturated heterocycles. The number of benzene rings is 2. The minimum Gasteiger partial charge on any atom is -0.350 e. The minimum absolute atomic E-state index is 0.148. The first-order chi connectivity index (χ1) is 15.7. The van der Waals surface area contributed by atoms with E-state index in [4.69, 9.17) is 23.2 Å². The second-order valence-corrected chi connectivity index (χ2v) is 11.8. The highest BCUT2D eigenvalue weighted by molar-refractivity contribution is 7.92. The summed E-state index contributed by atoms with van der Waals surface area (Å²) in [5, 5.41) is 3.35. The van der Waals surface area contributed by atoms with Gasteiger partial charge in [0.15, 0.2) is 0 Å². The van der Waals surface area contributed by atoms with Crippen LogP contribution in [0.4, 0.5) is 5.69 Å². The smallest absolute Gasteiger partial charge is 0.244 e. The van der Waals surface area contributed by atoms with Gasteiger partial charge in [-0.15, -0.1) is 0 Å². The van der Waals surface area contributed by atoms with E-state index in [0.717, 1.165) is 16.1 Å². The van der Waals surface area contributed by atoms with E-state index < -0.39 is 34.1 Å². The second kappa shape index (κ2) is 11.4. The molecule has 34 heavy (non-hydrogen) atoms. The Morgan fingerprint density at radius 1 is 1.03 bits per heavy atom. The molecule has 186 valence electrons. The van der Waals surface area contributed by atoms with Crippen molar-refractivity contribution in [2.24, 2.45) is 0 Å². The Hall–Kier alpha value is -2.29. The summed E-state index contributed by atoms with van der Waals surface area (Å²) in [6.45, 7) is 7.03. The van der Waals surface area contributed by atoms with Crippen LogP contribution >= 0.6 is 23.2 Å². The summed E-state index contributed by atoms with van der Waals surface area (Å²) in [5.41, 5.74) is 0.528. The first-order valence-corrected chi connectivity index (χ1v) is 13.4. The predicted molar refractivity (Wildman–Crippen MR) is 138 cm³/mol. The molecule has 0 heterocycles. The molecular weight excluding hydrogens is 497 g/mol. The lowest BCUT2D eigenvalue weighted by Crippen LogP contribution is -2.55. The Morgan fingerprint density at radius 3 is 2.15 bits per heavy atom. The van der Waals surface area contributed by atoms with Crippen molar-refractivity contribution >= 4 is 50.7 Å². The predicted octanol–water partition coefficient (Wildman–Crippen LogP) is 4.48. The molecular formula is C24H31Cl2N3O4S. The molecule has 7 nitrogen and oxygen atoms in total. The average molecular weight is 529 g/mol. The first-order valence-electron chi connectivity index (χ1n) is 10.8. The Morgan fingerprint density at radius 2 is 1.65 bits per heavy atom. The van der Waals surface area contributed by atoms with Crippen LogP contribution in [0.25, 0.3) is 0 Å². The summed E-state index contributed by atoms with van der Waals surface area (Å²) in [6, 6.07) is 12.8. The summed E-state index contributed by atoms with van der Waals surface area (Å²) in [5.74, 6) is -0.823. The molecule has 0 radical (unpaired) electrons. The molecule has 0 spiro atoms. The van der Waals surface area contributed by atoms with Gasteiger partial charge in [0.1, 0.15) is 12.6 Å². The van der Waals surface area contributed by atoms with Crippen molar-refractivity contribution in [1.82, 2.24) is 10.2 Å². The fourth-order valence-corrected chi connectivity index (χ4v) is 4.54. The Kier molecular flexibility index (Phi) is 9.39. The molecule has 0 unspecified atom stereocenters. The van der Waals surface area contributed by atoms with E-state index in [9.17, 15) is 18.0 Å². The SMILES string of the molecule is CC[C@@H](C(=O)NC(C)(C)C)N(Cc1ccccc1)C(=O)CN(c1ccc(Cl)c(Cl)c1)S(C)(=O)=O. The van der Waals surface area contributed by atoms with Gasteiger partial charge in [-0.3, -0.25) is 13.9 Å². The van der Waals surface area contributed by atoms with Crippen molar-refractivity contribution in [2.75, 3.05) is 17.1 Å². The quantitative estimate of drug-likeness (QED) is 0.520. The van der Waals surface area contributed by atoms with Crippen molar-refractivity contribution in [2.45, 2.75) is 52.2 Å². The number of halogens is 2. The molecule has 2 amide bonds. The van der Waals surface area contributed by atoms with Gasteiger partial charge in [-0.1, -0.05) is 60.5 Å². The molecule has 0 saturated carbocycles. The highest BCUT2D eigenvalue weighted by atomic mass is 35.5. The Bertz CT molecular complexity index is 1120. The van der Waals surface area contributed by atoms with Crippen LogP contribution in [0.3, 0.4) is 0 Å². The monoisotopic (exact) mass is 527 g/mol. The number of hydrogen-bond acceptors (Lipinski definition) is 4. The average Bonchev–Trinajstić information content (AvgIpc) is 2.72. The van der Waals surface area contributed by atoms with E-state index in [0.29, 0.717) is 6.42 Å². The van der Waals surface area contributed by atoms with Gasteiger partial charge in [0.05, 0.1) is 22.0 Å². The summed E-state index contributed by atoms with van der Waals surface area (Å²) in [6.07, 6.45) is 1.36. The van der Waals surface area contributed by atoms with Gasteiger partial charge in [0, 0.05) is 12.1 Å². The maximum Gasteiger partial charge on any atom is 0.244 e. The zero-order chi connectivity index (χ0) is 25.7. The fraction of sp³-hybridized carbons (Fsp3) is 0.417. The number of hydrogen-bond donors (Lipinski definition) is 1. The molecule has 0 bridgehead atoms. The van der Waals surface area contributed by atoms with Crippen molar-refractivity contribution in [3.05, 3.63) is 64.1 Å². The fourth-order valence-electron chi connectivity index (χ4n) is 3.41. The Labute approximate surface area is 212 Å². The van der Waals surface area contributed by atoms with E-state index in [1.54, 1.807) is 0 Å². The van der Waals surface area contributed by atoms with Gasteiger partial charge < -0.3 is 10.2 Å². The molecule has 0 aromatic heterocycles. The third-order valence-electron chi connectivity index (χ3n) is 4.95. The van der Waals surface area contributed by atoms with Crippen LogP contribution in [0.1, 0.15) is 39.7 Å². The number of carbonyl (C=O) groups excluding carboxylic acids is 2. The summed E-state index contributed by atoms with van der Waals surface area (Å²) >= 11 is 12.1. The normalized spacial score (nSPS) is 12.7. The maximum absolute atomic E-state index is 13.6. The van der Waals surface area contributed by atoms with Crippen LogP contribution < -0.4 is 9.62 Å². The van der Waals surface area contributed by atoms with Crippen molar-refractivity contribution < 1.29 is 18.0 Å². The summed E-state index contributed by atoms with van der Waals surface area (Å²) in [7, 11) is -3.85. The van der Waals surface area contributed by atoms with Gasteiger partial charge in [0.2, 0.25) is 21.8 Å². The zero-order valence-electron chi connectivity index (χ0n) is 20.0. The van der Waals surface area contributed by atoms with Gasteiger partial charge >= 0.3 is 0 Å². The van der Waals surface area contributed by atoms with Crippen molar-refractivity contribution in [3.63, 3.8) is 0 Å². The number of amides is 2. The van der Waals surface area contributed by atoms with Crippen LogP contribution in [-0.2, 0) is 26.2 Å². The van der Waals surface area contributed by atoms with E-state index >= 15 is 0 Å². The first kappa shape index (κ1) is 28.0. The van der Waals surface area contributed by atoms with E-state index in [1.807, 2.05) is 58.0 Å². The molecule has 2 aromatic carbocycles. The maximum atomic E-state index is 13.6. The standard InChI is InChI=1S/C24H31Cl2N3O4S/c1-6-21(23(31)27-24(2,3)4)28(15-17-10-8-7-9-11-17)22(30)16-29(34(5,32)33)18-12-13-19(25)20(26)14-18/h7-14,21H,6,15-16H2,1-5H3,(H,27,31)/t21-/m0/s1. The lowest BCUT2D eigenvalue weighted by Gasteiger charge is -2.34. The van der Waals surface area contributed by atoms with E-state index in [-0.39, 0.29) is 28.2 Å². The van der Waals surface area contributed by atoms with Crippen LogP contribution in [0.5, 0.6) is 0 Å². The summed E-state index contributed by atoms with van der Waals surface area (Å²) < 4.78 is 26.2. The number of carbonyl (C=O) groups is 2. The topological polar surface area (TPSA) is 86.8 Å². The largest absolute Gasteiger partial charge is 0.350 e.